The van der Waals surface area contributed by atoms with Crippen LogP contribution in [0.2, 0.25) is 0 Å². The van der Waals surface area contributed by atoms with Crippen LogP contribution in [-0.4, -0.2) is 53.2 Å². The molecule has 6 heteroatoms. The van der Waals surface area contributed by atoms with Crippen molar-refractivity contribution < 1.29 is 19.4 Å². The predicted molar refractivity (Wildman–Crippen MR) is 99.9 cm³/mol. The van der Waals surface area contributed by atoms with E-state index >= 15 is 0 Å². The number of carbonyl (C=O) groups is 2. The van der Waals surface area contributed by atoms with Crippen LogP contribution in [0.15, 0.2) is 24.3 Å². The summed E-state index contributed by atoms with van der Waals surface area (Å²) in [5.74, 6) is -0.422. The Balaban J connectivity index is 2.12. The van der Waals surface area contributed by atoms with Crippen molar-refractivity contribution in [3.8, 4) is 5.75 Å². The number of benzene rings is 1. The summed E-state index contributed by atoms with van der Waals surface area (Å²) in [5, 5.41) is 12.3. The standard InChI is InChI=1S/C20H30N2O4/c1-20(2,3)26-19(25)16(13-14-8-10-15(23)11-9-14)21-18(24)17-7-5-6-12-22(17)4/h8-11,16-17,23H,5-7,12-13H2,1-4H3,(H,21,24)/t16-,17-/m0/s1. The van der Waals surface area contributed by atoms with Gasteiger partial charge in [0.25, 0.3) is 0 Å². The Morgan fingerprint density at radius 3 is 2.50 bits per heavy atom. The molecule has 144 valence electrons. The zero-order valence-electron chi connectivity index (χ0n) is 16.1. The third-order valence-corrected chi connectivity index (χ3v) is 4.46. The van der Waals surface area contributed by atoms with Crippen LogP contribution in [0.5, 0.6) is 5.75 Å². The predicted octanol–water partition coefficient (Wildman–Crippen LogP) is 2.25. The van der Waals surface area contributed by atoms with E-state index < -0.39 is 17.6 Å². The largest absolute Gasteiger partial charge is 0.508 e. The zero-order chi connectivity index (χ0) is 19.3. The average molecular weight is 362 g/mol. The Morgan fingerprint density at radius 1 is 1.27 bits per heavy atom. The first-order valence-electron chi connectivity index (χ1n) is 9.17. The van der Waals surface area contributed by atoms with Gasteiger partial charge in [-0.1, -0.05) is 18.6 Å². The summed E-state index contributed by atoms with van der Waals surface area (Å²) in [6, 6.07) is 5.64. The van der Waals surface area contributed by atoms with E-state index in [1.54, 1.807) is 45.0 Å². The van der Waals surface area contributed by atoms with Crippen LogP contribution in [0.25, 0.3) is 0 Å². The molecule has 1 aliphatic heterocycles. The van der Waals surface area contributed by atoms with Gasteiger partial charge in [0.15, 0.2) is 0 Å². The maximum Gasteiger partial charge on any atom is 0.329 e. The number of nitrogens with zero attached hydrogens (tertiary/aromatic N) is 1. The number of ether oxygens (including phenoxy) is 1. The minimum atomic E-state index is -0.762. The number of amides is 1. The van der Waals surface area contributed by atoms with Gasteiger partial charge in [-0.25, -0.2) is 4.79 Å². The summed E-state index contributed by atoms with van der Waals surface area (Å²) in [5.41, 5.74) is 0.215. The van der Waals surface area contributed by atoms with Gasteiger partial charge in [0.2, 0.25) is 5.91 Å². The van der Waals surface area contributed by atoms with Crippen molar-refractivity contribution in [2.45, 2.75) is 64.1 Å². The molecule has 1 aromatic rings. The van der Waals surface area contributed by atoms with Gasteiger partial charge in [0.05, 0.1) is 6.04 Å². The highest BCUT2D eigenvalue weighted by molar-refractivity contribution is 5.88. The molecule has 0 aliphatic carbocycles. The lowest BCUT2D eigenvalue weighted by Crippen LogP contribution is -2.53. The lowest BCUT2D eigenvalue weighted by atomic mass is 10.0. The third-order valence-electron chi connectivity index (χ3n) is 4.46. The van der Waals surface area contributed by atoms with E-state index in [-0.39, 0.29) is 17.7 Å². The summed E-state index contributed by atoms with van der Waals surface area (Å²) in [7, 11) is 1.94. The van der Waals surface area contributed by atoms with E-state index in [2.05, 4.69) is 5.32 Å². The fraction of sp³-hybridized carbons (Fsp3) is 0.600. The number of esters is 1. The van der Waals surface area contributed by atoms with Crippen molar-refractivity contribution in [1.82, 2.24) is 10.2 Å². The molecular formula is C20H30N2O4. The van der Waals surface area contributed by atoms with E-state index in [0.717, 1.165) is 31.4 Å². The van der Waals surface area contributed by atoms with Crippen LogP contribution < -0.4 is 5.32 Å². The SMILES string of the molecule is CN1CCCC[C@H]1C(=O)N[C@@H](Cc1ccc(O)cc1)C(=O)OC(C)(C)C. The van der Waals surface area contributed by atoms with Crippen molar-refractivity contribution in [3.63, 3.8) is 0 Å². The Labute approximate surface area is 155 Å². The van der Waals surface area contributed by atoms with Crippen LogP contribution in [0, 0.1) is 0 Å². The number of aromatic hydroxyl groups is 1. The molecule has 1 aliphatic rings. The third kappa shape index (κ3) is 6.02. The lowest BCUT2D eigenvalue weighted by Gasteiger charge is -2.32. The van der Waals surface area contributed by atoms with Crippen LogP contribution in [-0.2, 0) is 20.7 Å². The number of rotatable bonds is 5. The number of phenols is 1. The van der Waals surface area contributed by atoms with Crippen molar-refractivity contribution in [3.05, 3.63) is 29.8 Å². The fourth-order valence-electron chi connectivity index (χ4n) is 3.11. The minimum absolute atomic E-state index is 0.137. The van der Waals surface area contributed by atoms with E-state index in [9.17, 15) is 14.7 Å². The molecule has 0 saturated carbocycles. The molecule has 1 fully saturated rings. The smallest absolute Gasteiger partial charge is 0.329 e. The van der Waals surface area contributed by atoms with Gasteiger partial charge in [-0.3, -0.25) is 9.69 Å². The second kappa shape index (κ2) is 8.54. The topological polar surface area (TPSA) is 78.9 Å². The normalized spacial score (nSPS) is 19.6. The van der Waals surface area contributed by atoms with Crippen molar-refractivity contribution in [2.24, 2.45) is 0 Å². The number of nitrogens with one attached hydrogen (secondary N) is 1. The highest BCUT2D eigenvalue weighted by Crippen LogP contribution is 2.17. The first-order valence-corrected chi connectivity index (χ1v) is 9.17. The molecule has 0 bridgehead atoms. The maximum absolute atomic E-state index is 12.7. The van der Waals surface area contributed by atoms with Gasteiger partial charge in [-0.2, -0.15) is 0 Å². The van der Waals surface area contributed by atoms with Crippen molar-refractivity contribution in [2.75, 3.05) is 13.6 Å². The van der Waals surface area contributed by atoms with Crippen LogP contribution in [0.3, 0.4) is 0 Å². The number of carbonyl (C=O) groups excluding carboxylic acids is 2. The molecule has 0 aromatic heterocycles. The molecule has 0 radical (unpaired) electrons. The first kappa shape index (κ1) is 20.2. The van der Waals surface area contributed by atoms with Gasteiger partial charge in [-0.15, -0.1) is 0 Å². The summed E-state index contributed by atoms with van der Waals surface area (Å²) < 4.78 is 5.49. The van der Waals surface area contributed by atoms with Crippen molar-refractivity contribution in [1.29, 1.82) is 0 Å². The maximum atomic E-state index is 12.7. The number of hydrogen-bond donors (Lipinski definition) is 2. The lowest BCUT2D eigenvalue weighted by molar-refractivity contribution is -0.159. The molecule has 1 heterocycles. The highest BCUT2D eigenvalue weighted by atomic mass is 16.6. The summed E-state index contributed by atoms with van der Waals surface area (Å²) in [6.45, 7) is 6.30. The van der Waals surface area contributed by atoms with E-state index in [0.29, 0.717) is 6.42 Å². The highest BCUT2D eigenvalue weighted by Gasteiger charge is 2.31. The Hall–Kier alpha value is -2.08. The first-order chi connectivity index (χ1) is 12.2. The molecule has 2 rings (SSSR count). The quantitative estimate of drug-likeness (QED) is 0.786. The summed E-state index contributed by atoms with van der Waals surface area (Å²) in [6.07, 6.45) is 3.21. The van der Waals surface area contributed by atoms with Crippen LogP contribution in [0.1, 0.15) is 45.6 Å². The molecule has 26 heavy (non-hydrogen) atoms. The molecule has 0 unspecified atom stereocenters. The monoisotopic (exact) mass is 362 g/mol. The molecule has 1 saturated heterocycles. The molecule has 1 aromatic carbocycles. The molecule has 6 nitrogen and oxygen atoms in total. The number of piperidine rings is 1. The molecular weight excluding hydrogens is 332 g/mol. The van der Waals surface area contributed by atoms with Crippen LogP contribution in [0.4, 0.5) is 0 Å². The summed E-state index contributed by atoms with van der Waals surface area (Å²) in [4.78, 5) is 27.4. The number of likely N-dealkylation sites (tertiary alicyclic amines) is 1. The number of phenolic OH excluding ortho intramolecular Hbond substituents is 1. The van der Waals surface area contributed by atoms with Crippen molar-refractivity contribution >= 4 is 11.9 Å². The zero-order valence-corrected chi connectivity index (χ0v) is 16.1. The second-order valence-electron chi connectivity index (χ2n) is 7.96. The molecule has 1 amide bonds. The fourth-order valence-corrected chi connectivity index (χ4v) is 3.11. The summed E-state index contributed by atoms with van der Waals surface area (Å²) >= 11 is 0. The Bertz CT molecular complexity index is 622. The molecule has 0 spiro atoms. The van der Waals surface area contributed by atoms with E-state index in [1.807, 2.05) is 11.9 Å². The Kier molecular flexibility index (Phi) is 6.64. The van der Waals surface area contributed by atoms with Gasteiger partial charge < -0.3 is 15.2 Å². The Morgan fingerprint density at radius 2 is 1.92 bits per heavy atom. The number of hydrogen-bond acceptors (Lipinski definition) is 5. The van der Waals surface area contributed by atoms with E-state index in [4.69, 9.17) is 4.74 Å². The minimum Gasteiger partial charge on any atom is -0.508 e. The molecule has 2 atom stereocenters. The van der Waals surface area contributed by atoms with Gasteiger partial charge >= 0.3 is 5.97 Å². The average Bonchev–Trinajstić information content (AvgIpc) is 2.55. The van der Waals surface area contributed by atoms with Gasteiger partial charge in [-0.05, 0) is 64.9 Å². The van der Waals surface area contributed by atoms with Crippen LogP contribution >= 0.6 is 0 Å². The number of likely N-dealkylation sites (N-methyl/N-ethyl adjacent to an activating group) is 1. The molecule has 2 N–H and O–H groups in total. The van der Waals surface area contributed by atoms with Gasteiger partial charge in [0.1, 0.15) is 17.4 Å². The van der Waals surface area contributed by atoms with E-state index in [1.165, 1.54) is 0 Å². The van der Waals surface area contributed by atoms with Gasteiger partial charge in [0, 0.05) is 6.42 Å². The second-order valence-corrected chi connectivity index (χ2v) is 7.96.